The molecule has 0 spiro atoms. The predicted octanol–water partition coefficient (Wildman–Crippen LogP) is 3.25. The molecule has 0 radical (unpaired) electrons. The summed E-state index contributed by atoms with van der Waals surface area (Å²) in [5, 5.41) is 10.9. The molecule has 1 aliphatic rings. The Morgan fingerprint density at radius 1 is 1.35 bits per heavy atom. The molecule has 17 heavy (non-hydrogen) atoms. The molecule has 2 unspecified atom stereocenters. The molecule has 0 bridgehead atoms. The van der Waals surface area contributed by atoms with E-state index >= 15 is 0 Å². The number of halogens is 2. The molecule has 0 amide bonds. The Kier molecular flexibility index (Phi) is 3.43. The first-order valence-corrected chi connectivity index (χ1v) is 6.12. The molecule has 2 nitrogen and oxygen atoms in total. The van der Waals surface area contributed by atoms with E-state index in [2.05, 4.69) is 0 Å². The zero-order chi connectivity index (χ0) is 12.6. The van der Waals surface area contributed by atoms with Gasteiger partial charge < -0.3 is 9.84 Å². The van der Waals surface area contributed by atoms with Crippen molar-refractivity contribution in [1.82, 2.24) is 0 Å². The summed E-state index contributed by atoms with van der Waals surface area (Å²) in [5.41, 5.74) is -0.852. The van der Waals surface area contributed by atoms with Gasteiger partial charge in [-0.05, 0) is 26.0 Å². The van der Waals surface area contributed by atoms with Crippen LogP contribution in [-0.4, -0.2) is 17.3 Å². The fraction of sp³-hybridized carbons (Fsp3) is 0.538. The lowest BCUT2D eigenvalue weighted by atomic mass is 9.81. The first-order chi connectivity index (χ1) is 7.90. The van der Waals surface area contributed by atoms with Gasteiger partial charge in [-0.1, -0.05) is 17.7 Å². The Morgan fingerprint density at radius 3 is 2.47 bits per heavy atom. The van der Waals surface area contributed by atoms with Crippen LogP contribution < -0.4 is 0 Å². The van der Waals surface area contributed by atoms with Crippen molar-refractivity contribution in [3.63, 3.8) is 0 Å². The number of rotatable bonds is 1. The molecule has 0 aliphatic carbocycles. The van der Waals surface area contributed by atoms with E-state index in [-0.39, 0.29) is 12.2 Å². The van der Waals surface area contributed by atoms with Crippen molar-refractivity contribution in [3.05, 3.63) is 34.6 Å². The zero-order valence-corrected chi connectivity index (χ0v) is 10.7. The van der Waals surface area contributed by atoms with Crippen molar-refractivity contribution in [2.75, 3.05) is 0 Å². The van der Waals surface area contributed by atoms with Crippen molar-refractivity contribution in [2.45, 2.75) is 44.5 Å². The third kappa shape index (κ3) is 2.62. The van der Waals surface area contributed by atoms with E-state index in [0.717, 1.165) is 0 Å². The highest BCUT2D eigenvalue weighted by Gasteiger charge is 2.39. The molecule has 2 atom stereocenters. The summed E-state index contributed by atoms with van der Waals surface area (Å²) in [6.45, 7) is 3.77. The topological polar surface area (TPSA) is 29.5 Å². The first-order valence-electron chi connectivity index (χ1n) is 5.74. The van der Waals surface area contributed by atoms with Gasteiger partial charge in [-0.2, -0.15) is 0 Å². The Labute approximate surface area is 105 Å². The quantitative estimate of drug-likeness (QED) is 0.838. The molecule has 1 fully saturated rings. The standard InChI is InChI=1S/C13H16ClFO2/c1-8-6-13(16,7-9(2)17-8)11-4-3-10(14)5-12(11)15/h3-5,8-9,16H,6-7H2,1-2H3. The minimum absolute atomic E-state index is 0.0844. The molecular formula is C13H16ClFO2. The van der Waals surface area contributed by atoms with Crippen molar-refractivity contribution in [1.29, 1.82) is 0 Å². The number of aliphatic hydroxyl groups is 1. The van der Waals surface area contributed by atoms with Gasteiger partial charge in [-0.15, -0.1) is 0 Å². The molecule has 1 saturated heterocycles. The van der Waals surface area contributed by atoms with Gasteiger partial charge in [0.25, 0.3) is 0 Å². The lowest BCUT2D eigenvalue weighted by molar-refractivity contribution is -0.137. The van der Waals surface area contributed by atoms with Gasteiger partial charge in [0, 0.05) is 23.4 Å². The fourth-order valence-corrected chi connectivity index (χ4v) is 2.77. The van der Waals surface area contributed by atoms with Gasteiger partial charge >= 0.3 is 0 Å². The van der Waals surface area contributed by atoms with Crippen molar-refractivity contribution < 1.29 is 14.2 Å². The molecule has 94 valence electrons. The highest BCUT2D eigenvalue weighted by atomic mass is 35.5. The van der Waals surface area contributed by atoms with Gasteiger partial charge in [0.2, 0.25) is 0 Å². The summed E-state index contributed by atoms with van der Waals surface area (Å²) >= 11 is 5.71. The second-order valence-electron chi connectivity index (χ2n) is 4.82. The van der Waals surface area contributed by atoms with E-state index in [4.69, 9.17) is 16.3 Å². The summed E-state index contributed by atoms with van der Waals surface area (Å²) in [6, 6.07) is 4.39. The van der Waals surface area contributed by atoms with Crippen LogP contribution in [0.2, 0.25) is 5.02 Å². The van der Waals surface area contributed by atoms with E-state index in [0.29, 0.717) is 23.4 Å². The lowest BCUT2D eigenvalue weighted by Crippen LogP contribution is -2.41. The summed E-state index contributed by atoms with van der Waals surface area (Å²) in [4.78, 5) is 0. The molecule has 1 aliphatic heterocycles. The summed E-state index contributed by atoms with van der Waals surface area (Å²) in [6.07, 6.45) is 0.629. The monoisotopic (exact) mass is 258 g/mol. The van der Waals surface area contributed by atoms with Crippen LogP contribution in [0.15, 0.2) is 18.2 Å². The summed E-state index contributed by atoms with van der Waals surface area (Å²) < 4.78 is 19.4. The average Bonchev–Trinajstić information content (AvgIpc) is 2.13. The summed E-state index contributed by atoms with van der Waals surface area (Å²) in [7, 11) is 0. The highest BCUT2D eigenvalue weighted by molar-refractivity contribution is 6.30. The molecule has 2 rings (SSSR count). The minimum atomic E-state index is -1.16. The van der Waals surface area contributed by atoms with Crippen LogP contribution in [0.3, 0.4) is 0 Å². The summed E-state index contributed by atoms with van der Waals surface area (Å²) in [5.74, 6) is -0.457. The van der Waals surface area contributed by atoms with Gasteiger partial charge in [0.15, 0.2) is 0 Å². The Hall–Kier alpha value is -0.640. The molecular weight excluding hydrogens is 243 g/mol. The highest BCUT2D eigenvalue weighted by Crippen LogP contribution is 2.38. The van der Waals surface area contributed by atoms with Crippen LogP contribution in [0.4, 0.5) is 4.39 Å². The number of benzene rings is 1. The lowest BCUT2D eigenvalue weighted by Gasteiger charge is -2.39. The number of ether oxygens (including phenoxy) is 1. The van der Waals surface area contributed by atoms with Crippen molar-refractivity contribution in [3.8, 4) is 0 Å². The molecule has 1 heterocycles. The maximum absolute atomic E-state index is 13.8. The maximum atomic E-state index is 13.8. The molecule has 0 saturated carbocycles. The van der Waals surface area contributed by atoms with Crippen molar-refractivity contribution in [2.24, 2.45) is 0 Å². The second-order valence-corrected chi connectivity index (χ2v) is 5.26. The normalized spacial score (nSPS) is 33.7. The second kappa shape index (κ2) is 4.56. The molecule has 1 aromatic carbocycles. The number of hydrogen-bond acceptors (Lipinski definition) is 2. The average molecular weight is 259 g/mol. The van der Waals surface area contributed by atoms with Crippen LogP contribution in [-0.2, 0) is 10.3 Å². The molecule has 1 N–H and O–H groups in total. The van der Waals surface area contributed by atoms with Gasteiger partial charge in [-0.25, -0.2) is 4.39 Å². The number of hydrogen-bond donors (Lipinski definition) is 1. The Morgan fingerprint density at radius 2 is 1.94 bits per heavy atom. The van der Waals surface area contributed by atoms with Gasteiger partial charge in [-0.3, -0.25) is 0 Å². The van der Waals surface area contributed by atoms with E-state index in [1.807, 2.05) is 13.8 Å². The van der Waals surface area contributed by atoms with Gasteiger partial charge in [0.1, 0.15) is 5.82 Å². The van der Waals surface area contributed by atoms with E-state index in [1.165, 1.54) is 6.07 Å². The SMILES string of the molecule is CC1CC(O)(c2ccc(Cl)cc2F)CC(C)O1. The van der Waals surface area contributed by atoms with Crippen molar-refractivity contribution >= 4 is 11.6 Å². The zero-order valence-electron chi connectivity index (χ0n) is 9.91. The Balaban J connectivity index is 2.36. The van der Waals surface area contributed by atoms with Crippen LogP contribution in [0, 0.1) is 5.82 Å². The van der Waals surface area contributed by atoms with Crippen LogP contribution in [0.25, 0.3) is 0 Å². The maximum Gasteiger partial charge on any atom is 0.130 e. The first kappa shape index (κ1) is 12.8. The van der Waals surface area contributed by atoms with Crippen LogP contribution in [0.5, 0.6) is 0 Å². The third-order valence-electron chi connectivity index (χ3n) is 3.15. The Bertz CT molecular complexity index is 412. The van der Waals surface area contributed by atoms with E-state index in [9.17, 15) is 9.50 Å². The minimum Gasteiger partial charge on any atom is -0.385 e. The fourth-order valence-electron chi connectivity index (χ4n) is 2.61. The van der Waals surface area contributed by atoms with Crippen LogP contribution in [0.1, 0.15) is 32.3 Å². The van der Waals surface area contributed by atoms with E-state index < -0.39 is 11.4 Å². The molecule has 1 aromatic rings. The van der Waals surface area contributed by atoms with Gasteiger partial charge in [0.05, 0.1) is 17.8 Å². The third-order valence-corrected chi connectivity index (χ3v) is 3.38. The largest absolute Gasteiger partial charge is 0.385 e. The molecule has 4 heteroatoms. The van der Waals surface area contributed by atoms with Crippen LogP contribution >= 0.6 is 11.6 Å². The molecule has 0 aromatic heterocycles. The smallest absolute Gasteiger partial charge is 0.130 e. The predicted molar refractivity (Wildman–Crippen MR) is 64.5 cm³/mol. The van der Waals surface area contributed by atoms with E-state index in [1.54, 1.807) is 12.1 Å².